The molecule has 1 aromatic carbocycles. The van der Waals surface area contributed by atoms with E-state index >= 15 is 0 Å². The van der Waals surface area contributed by atoms with Gasteiger partial charge in [0.1, 0.15) is 11.5 Å². The van der Waals surface area contributed by atoms with Crippen molar-refractivity contribution in [2.75, 3.05) is 18.8 Å². The van der Waals surface area contributed by atoms with Gasteiger partial charge in [0, 0.05) is 30.8 Å². The van der Waals surface area contributed by atoms with Crippen LogP contribution in [0.25, 0.3) is 0 Å². The van der Waals surface area contributed by atoms with Crippen molar-refractivity contribution in [3.63, 3.8) is 0 Å². The predicted octanol–water partition coefficient (Wildman–Crippen LogP) is 1.60. The maximum atomic E-state index is 12.3. The van der Waals surface area contributed by atoms with E-state index in [-0.39, 0.29) is 17.4 Å². The highest BCUT2D eigenvalue weighted by Crippen LogP contribution is 2.16. The number of aryl methyl sites for hydroxylation is 2. The highest BCUT2D eigenvalue weighted by atomic mass is 32.2. The third kappa shape index (κ3) is 3.54. The first-order valence-electron chi connectivity index (χ1n) is 6.72. The molecule has 1 amide bonds. The summed E-state index contributed by atoms with van der Waals surface area (Å²) in [7, 11) is -1.32. The summed E-state index contributed by atoms with van der Waals surface area (Å²) >= 11 is 0. The van der Waals surface area contributed by atoms with E-state index in [1.807, 2.05) is 32.0 Å². The first kappa shape index (κ1) is 14.9. The van der Waals surface area contributed by atoms with Gasteiger partial charge in [-0.05, 0) is 25.5 Å². The molecule has 5 heteroatoms. The molecular formula is C15H19NO3S. The van der Waals surface area contributed by atoms with Crippen LogP contribution in [0.3, 0.4) is 0 Å². The minimum Gasteiger partial charge on any atom is -0.341 e. The zero-order valence-electron chi connectivity index (χ0n) is 11.8. The number of carbonyl (C=O) groups is 2. The average Bonchev–Trinajstić information content (AvgIpc) is 2.39. The largest absolute Gasteiger partial charge is 0.341 e. The highest BCUT2D eigenvalue weighted by molar-refractivity contribution is 7.85. The van der Waals surface area contributed by atoms with Gasteiger partial charge in [-0.25, -0.2) is 0 Å². The van der Waals surface area contributed by atoms with Gasteiger partial charge in [-0.15, -0.1) is 0 Å². The lowest BCUT2D eigenvalue weighted by Crippen LogP contribution is -2.40. The summed E-state index contributed by atoms with van der Waals surface area (Å²) in [5, 5.41) is 0. The number of likely N-dealkylation sites (tertiary alicyclic amines) is 1. The van der Waals surface area contributed by atoms with Crippen LogP contribution in [0.1, 0.15) is 24.0 Å². The molecule has 0 bridgehead atoms. The Morgan fingerprint density at radius 3 is 2.50 bits per heavy atom. The smallest absolute Gasteiger partial charge is 0.235 e. The van der Waals surface area contributed by atoms with Crippen molar-refractivity contribution >= 4 is 22.5 Å². The topological polar surface area (TPSA) is 54.5 Å². The molecule has 1 saturated heterocycles. The van der Waals surface area contributed by atoms with Gasteiger partial charge < -0.3 is 4.90 Å². The maximum absolute atomic E-state index is 12.3. The molecule has 0 saturated carbocycles. The van der Waals surface area contributed by atoms with Gasteiger partial charge in [0.15, 0.2) is 0 Å². The zero-order chi connectivity index (χ0) is 14.7. The van der Waals surface area contributed by atoms with Crippen molar-refractivity contribution in [2.45, 2.75) is 31.6 Å². The molecule has 2 rings (SSSR count). The first-order valence-corrected chi connectivity index (χ1v) is 8.04. The van der Waals surface area contributed by atoms with E-state index in [0.717, 1.165) is 16.0 Å². The number of Topliss-reactive ketones (excluding diaryl/α,β-unsaturated/α-hetero) is 1. The van der Waals surface area contributed by atoms with Crippen LogP contribution in [0.4, 0.5) is 0 Å². The number of hydrogen-bond acceptors (Lipinski definition) is 3. The lowest BCUT2D eigenvalue weighted by molar-refractivity contribution is -0.132. The minimum atomic E-state index is -1.32. The average molecular weight is 293 g/mol. The molecular weight excluding hydrogens is 274 g/mol. The number of carbonyl (C=O) groups excluding carboxylic acids is 2. The second kappa shape index (κ2) is 6.31. The van der Waals surface area contributed by atoms with E-state index in [4.69, 9.17) is 0 Å². The van der Waals surface area contributed by atoms with Gasteiger partial charge in [-0.3, -0.25) is 13.8 Å². The van der Waals surface area contributed by atoms with Gasteiger partial charge in [-0.1, -0.05) is 17.7 Å². The van der Waals surface area contributed by atoms with Crippen molar-refractivity contribution < 1.29 is 13.8 Å². The molecule has 0 N–H and O–H groups in total. The van der Waals surface area contributed by atoms with Gasteiger partial charge in [0.25, 0.3) is 0 Å². The fourth-order valence-electron chi connectivity index (χ4n) is 2.34. The quantitative estimate of drug-likeness (QED) is 0.850. The van der Waals surface area contributed by atoms with E-state index in [1.54, 1.807) is 4.90 Å². The van der Waals surface area contributed by atoms with Crippen molar-refractivity contribution in [3.8, 4) is 0 Å². The van der Waals surface area contributed by atoms with Crippen molar-refractivity contribution in [1.29, 1.82) is 0 Å². The zero-order valence-corrected chi connectivity index (χ0v) is 12.7. The molecule has 1 fully saturated rings. The van der Waals surface area contributed by atoms with Gasteiger partial charge in [0.05, 0.1) is 10.8 Å². The van der Waals surface area contributed by atoms with Crippen LogP contribution in [0.15, 0.2) is 23.1 Å². The third-order valence-corrected chi connectivity index (χ3v) is 4.96. The summed E-state index contributed by atoms with van der Waals surface area (Å²) in [6.07, 6.45) is 0.837. The third-order valence-electron chi connectivity index (χ3n) is 3.50. The van der Waals surface area contributed by atoms with E-state index in [0.29, 0.717) is 25.9 Å². The van der Waals surface area contributed by atoms with E-state index < -0.39 is 10.8 Å². The summed E-state index contributed by atoms with van der Waals surface area (Å²) in [5.41, 5.74) is 2.06. The number of hydrogen-bond donors (Lipinski definition) is 0. The molecule has 1 aromatic rings. The highest BCUT2D eigenvalue weighted by Gasteiger charge is 2.22. The Hall–Kier alpha value is -1.49. The fraction of sp³-hybridized carbons (Fsp3) is 0.467. The second-order valence-corrected chi connectivity index (χ2v) is 6.60. The van der Waals surface area contributed by atoms with E-state index in [1.165, 1.54) is 0 Å². The SMILES string of the molecule is Cc1ccc(S(=O)CC(=O)N2CCC(=O)CC2)c(C)c1. The summed E-state index contributed by atoms with van der Waals surface area (Å²) < 4.78 is 12.3. The molecule has 1 atom stereocenters. The molecule has 0 aliphatic carbocycles. The normalized spacial score (nSPS) is 17.1. The molecule has 1 heterocycles. The summed E-state index contributed by atoms with van der Waals surface area (Å²) in [4.78, 5) is 25.6. The van der Waals surface area contributed by atoms with Crippen LogP contribution in [-0.2, 0) is 20.4 Å². The summed E-state index contributed by atoms with van der Waals surface area (Å²) in [5.74, 6) is 0.0679. The Kier molecular flexibility index (Phi) is 4.70. The molecule has 4 nitrogen and oxygen atoms in total. The predicted molar refractivity (Wildman–Crippen MR) is 78.0 cm³/mol. The molecule has 1 aliphatic heterocycles. The molecule has 20 heavy (non-hydrogen) atoms. The van der Waals surface area contributed by atoms with Crippen LogP contribution in [0, 0.1) is 13.8 Å². The standard InChI is InChI=1S/C15H19NO3S/c1-11-3-4-14(12(2)9-11)20(19)10-15(18)16-7-5-13(17)6-8-16/h3-4,9H,5-8,10H2,1-2H3. The van der Waals surface area contributed by atoms with Crippen molar-refractivity contribution in [2.24, 2.45) is 0 Å². The Bertz CT molecular complexity index is 558. The monoisotopic (exact) mass is 293 g/mol. The fourth-order valence-corrected chi connectivity index (χ4v) is 3.54. The Morgan fingerprint density at radius 1 is 1.25 bits per heavy atom. The van der Waals surface area contributed by atoms with Crippen LogP contribution < -0.4 is 0 Å². The molecule has 0 radical (unpaired) electrons. The molecule has 108 valence electrons. The molecule has 1 aliphatic rings. The number of rotatable bonds is 3. The lowest BCUT2D eigenvalue weighted by atomic mass is 10.1. The molecule has 0 spiro atoms. The van der Waals surface area contributed by atoms with E-state index in [9.17, 15) is 13.8 Å². The van der Waals surface area contributed by atoms with Crippen LogP contribution in [0.5, 0.6) is 0 Å². The number of nitrogens with zero attached hydrogens (tertiary/aromatic N) is 1. The number of piperidine rings is 1. The summed E-state index contributed by atoms with van der Waals surface area (Å²) in [6.45, 7) is 4.81. The van der Waals surface area contributed by atoms with Crippen LogP contribution in [-0.4, -0.2) is 39.6 Å². The number of ketones is 1. The number of amides is 1. The summed E-state index contributed by atoms with van der Waals surface area (Å²) in [6, 6.07) is 5.70. The van der Waals surface area contributed by atoms with Crippen molar-refractivity contribution in [1.82, 2.24) is 4.90 Å². The van der Waals surface area contributed by atoms with Gasteiger partial charge in [-0.2, -0.15) is 0 Å². The van der Waals surface area contributed by atoms with Crippen LogP contribution >= 0.6 is 0 Å². The first-order chi connectivity index (χ1) is 9.47. The lowest BCUT2D eigenvalue weighted by Gasteiger charge is -2.25. The Balaban J connectivity index is 2.00. The maximum Gasteiger partial charge on any atom is 0.235 e. The van der Waals surface area contributed by atoms with E-state index in [2.05, 4.69) is 0 Å². The Labute approximate surface area is 121 Å². The van der Waals surface area contributed by atoms with Crippen molar-refractivity contribution in [3.05, 3.63) is 29.3 Å². The molecule has 0 aromatic heterocycles. The van der Waals surface area contributed by atoms with Gasteiger partial charge >= 0.3 is 0 Å². The molecule has 1 unspecified atom stereocenters. The Morgan fingerprint density at radius 2 is 1.90 bits per heavy atom. The van der Waals surface area contributed by atoms with Crippen LogP contribution in [0.2, 0.25) is 0 Å². The second-order valence-electron chi connectivity index (χ2n) is 5.18. The van der Waals surface area contributed by atoms with Gasteiger partial charge in [0.2, 0.25) is 5.91 Å². The number of benzene rings is 1. The minimum absolute atomic E-state index is 0.00189.